The molecule has 1 heterocycles. The summed E-state index contributed by atoms with van der Waals surface area (Å²) in [5, 5.41) is 8.60. The van der Waals surface area contributed by atoms with Crippen LogP contribution >= 0.6 is 0 Å². The Morgan fingerprint density at radius 1 is 0.725 bits per heavy atom. The van der Waals surface area contributed by atoms with E-state index >= 15 is 0 Å². The Balaban J connectivity index is 0.000000244. The number of halogens is 2. The van der Waals surface area contributed by atoms with E-state index in [1.807, 2.05) is 114 Å². The highest BCUT2D eigenvalue weighted by molar-refractivity contribution is 6.02. The topological polar surface area (TPSA) is 123 Å². The van der Waals surface area contributed by atoms with E-state index in [0.717, 1.165) is 21.7 Å². The molecule has 0 bridgehead atoms. The molecule has 4 aromatic rings. The number of nitrogens with two attached hydrogens (primary N) is 1. The average Bonchev–Trinajstić information content (AvgIpc) is 3.48. The van der Waals surface area contributed by atoms with Gasteiger partial charge in [0.1, 0.15) is 0 Å². The molecule has 1 aliphatic heterocycles. The fourth-order valence-electron chi connectivity index (χ4n) is 5.62. The van der Waals surface area contributed by atoms with Crippen LogP contribution in [0.2, 0.25) is 0 Å². The fraction of sp³-hybridized carbons (Fsp3) is 0.308. The third kappa shape index (κ3) is 10.4. The van der Waals surface area contributed by atoms with Gasteiger partial charge in [-0.1, -0.05) is 60.7 Å². The monoisotopic (exact) mass is 699 g/mol. The molecule has 2 atom stereocenters. The normalized spacial score (nSPS) is 14.3. The fourth-order valence-corrected chi connectivity index (χ4v) is 5.62. The number of amides is 4. The molecule has 1 saturated heterocycles. The van der Waals surface area contributed by atoms with Gasteiger partial charge in [0.25, 0.3) is 17.7 Å². The Kier molecular flexibility index (Phi) is 12.6. The van der Waals surface area contributed by atoms with Crippen molar-refractivity contribution >= 4 is 40.6 Å². The number of rotatable bonds is 9. The molecule has 270 valence electrons. The Morgan fingerprint density at radius 3 is 1.65 bits per heavy atom. The second-order valence-corrected chi connectivity index (χ2v) is 13.0. The largest absolute Gasteiger partial charge is 0.399 e. The maximum Gasteiger partial charge on any atom is 0.322 e. The number of likely N-dealkylation sites (tertiary alicyclic amines) is 1. The van der Waals surface area contributed by atoms with Gasteiger partial charge in [-0.2, -0.15) is 0 Å². The van der Waals surface area contributed by atoms with Gasteiger partial charge < -0.3 is 36.4 Å². The van der Waals surface area contributed by atoms with Crippen molar-refractivity contribution in [1.82, 2.24) is 15.5 Å². The van der Waals surface area contributed by atoms with E-state index in [0.29, 0.717) is 28.2 Å². The second-order valence-electron chi connectivity index (χ2n) is 13.0. The number of nitrogen functional groups attached to an aromatic ring is 1. The Bertz CT molecular complexity index is 1800. The first-order chi connectivity index (χ1) is 24.1. The number of carbonyl (C=O) groups is 3. The number of anilines is 4. The van der Waals surface area contributed by atoms with Gasteiger partial charge in [0.15, 0.2) is 0 Å². The molecule has 2 unspecified atom stereocenters. The molecule has 51 heavy (non-hydrogen) atoms. The summed E-state index contributed by atoms with van der Waals surface area (Å²) in [6.07, 6.45) is -0.342. The van der Waals surface area contributed by atoms with Crippen molar-refractivity contribution in [3.63, 3.8) is 0 Å². The summed E-state index contributed by atoms with van der Waals surface area (Å²) in [5.41, 5.74) is 11.3. The highest BCUT2D eigenvalue weighted by Gasteiger charge is 2.40. The molecule has 0 aromatic heterocycles. The van der Waals surface area contributed by atoms with Crippen LogP contribution in [-0.4, -0.2) is 69.9 Å². The van der Waals surface area contributed by atoms with Crippen LogP contribution in [0.25, 0.3) is 0 Å². The van der Waals surface area contributed by atoms with Crippen molar-refractivity contribution in [2.75, 3.05) is 62.1 Å². The third-order valence-corrected chi connectivity index (χ3v) is 8.47. The second kappa shape index (κ2) is 16.8. The molecule has 1 aliphatic rings. The number of nitrogens with zero attached hydrogens (tertiary/aromatic N) is 3. The Hall–Kier alpha value is -5.65. The lowest BCUT2D eigenvalue weighted by molar-refractivity contribution is 0.0159. The van der Waals surface area contributed by atoms with E-state index in [9.17, 15) is 23.2 Å². The zero-order valence-corrected chi connectivity index (χ0v) is 29.9. The lowest BCUT2D eigenvalue weighted by Gasteiger charge is -2.21. The van der Waals surface area contributed by atoms with Crippen LogP contribution in [0, 0.1) is 0 Å². The van der Waals surface area contributed by atoms with Crippen LogP contribution in [-0.2, 0) is 0 Å². The van der Waals surface area contributed by atoms with Crippen LogP contribution in [0.3, 0.4) is 0 Å². The number of carbonyl (C=O) groups excluding carboxylic acids is 3. The lowest BCUT2D eigenvalue weighted by Crippen LogP contribution is -2.35. The van der Waals surface area contributed by atoms with Crippen LogP contribution in [0.5, 0.6) is 0 Å². The van der Waals surface area contributed by atoms with Crippen LogP contribution < -0.4 is 31.5 Å². The van der Waals surface area contributed by atoms with Crippen molar-refractivity contribution in [2.24, 2.45) is 0 Å². The summed E-state index contributed by atoms with van der Waals surface area (Å²) in [5.74, 6) is -3.27. The Morgan fingerprint density at radius 2 is 1.20 bits per heavy atom. The standard InChI is InChI=1S/C22H26F2N4O2.C17H21N3O/c1-15(16-7-5-4-6-8-16)25-20(29)18-13-17(9-10-19(18)27(2)3)26-21(30)28-12-11-22(23,24)14-28;1-12(13-7-5-4-6-8-13)19-17(21)15-11-14(18)9-10-16(15)20(2)3/h4-10,13,15H,11-12,14H2,1-3H3,(H,25,29)(H,26,30);4-12H,18H2,1-3H3,(H,19,21). The summed E-state index contributed by atoms with van der Waals surface area (Å²) in [7, 11) is 7.44. The molecule has 12 heteroatoms. The number of benzene rings is 4. The van der Waals surface area contributed by atoms with Crippen LogP contribution in [0.1, 0.15) is 64.2 Å². The summed E-state index contributed by atoms with van der Waals surface area (Å²) < 4.78 is 26.8. The number of alkyl halides is 2. The van der Waals surface area contributed by atoms with Gasteiger partial charge in [-0.3, -0.25) is 9.59 Å². The van der Waals surface area contributed by atoms with Crippen molar-refractivity contribution < 1.29 is 23.2 Å². The summed E-state index contributed by atoms with van der Waals surface area (Å²) in [6.45, 7) is 3.25. The van der Waals surface area contributed by atoms with Crippen molar-refractivity contribution in [2.45, 2.75) is 38.3 Å². The minimum Gasteiger partial charge on any atom is -0.399 e. The van der Waals surface area contributed by atoms with Gasteiger partial charge in [-0.25, -0.2) is 13.6 Å². The van der Waals surface area contributed by atoms with E-state index < -0.39 is 18.5 Å². The predicted molar refractivity (Wildman–Crippen MR) is 201 cm³/mol. The molecular weight excluding hydrogens is 652 g/mol. The number of urea groups is 1. The molecule has 0 radical (unpaired) electrons. The molecule has 5 N–H and O–H groups in total. The average molecular weight is 700 g/mol. The SMILES string of the molecule is CC(NC(=O)c1cc(N)ccc1N(C)C)c1ccccc1.CC(NC(=O)c1cc(NC(=O)N2CCC(F)(F)C2)ccc1N(C)C)c1ccccc1. The van der Waals surface area contributed by atoms with E-state index in [2.05, 4.69) is 16.0 Å². The number of nitrogens with one attached hydrogen (secondary N) is 3. The van der Waals surface area contributed by atoms with Crippen molar-refractivity contribution in [1.29, 1.82) is 0 Å². The maximum absolute atomic E-state index is 13.4. The van der Waals surface area contributed by atoms with E-state index in [1.165, 1.54) is 0 Å². The lowest BCUT2D eigenvalue weighted by atomic mass is 10.1. The van der Waals surface area contributed by atoms with Gasteiger partial charge in [0.05, 0.1) is 29.8 Å². The third-order valence-electron chi connectivity index (χ3n) is 8.47. The van der Waals surface area contributed by atoms with Crippen LogP contribution in [0.4, 0.5) is 36.3 Å². The number of hydrogen-bond donors (Lipinski definition) is 4. The molecule has 5 rings (SSSR count). The van der Waals surface area contributed by atoms with Gasteiger partial charge in [-0.15, -0.1) is 0 Å². The molecule has 0 spiro atoms. The van der Waals surface area contributed by atoms with E-state index in [4.69, 9.17) is 5.73 Å². The minimum absolute atomic E-state index is 0.00342. The summed E-state index contributed by atoms with van der Waals surface area (Å²) in [6, 6.07) is 28.9. The quantitative estimate of drug-likeness (QED) is 0.140. The molecule has 10 nitrogen and oxygen atoms in total. The predicted octanol–water partition coefficient (Wildman–Crippen LogP) is 6.94. The smallest absolute Gasteiger partial charge is 0.322 e. The first-order valence-electron chi connectivity index (χ1n) is 16.7. The zero-order valence-electron chi connectivity index (χ0n) is 29.9. The van der Waals surface area contributed by atoms with Gasteiger partial charge in [0, 0.05) is 63.9 Å². The van der Waals surface area contributed by atoms with Crippen LogP contribution in [0.15, 0.2) is 97.1 Å². The first-order valence-corrected chi connectivity index (χ1v) is 16.7. The molecular formula is C39H47F2N7O3. The van der Waals surface area contributed by atoms with Gasteiger partial charge >= 0.3 is 6.03 Å². The molecule has 4 amide bonds. The Labute approximate surface area is 298 Å². The number of hydrogen-bond acceptors (Lipinski definition) is 6. The van der Waals surface area contributed by atoms with Crippen molar-refractivity contribution in [3.8, 4) is 0 Å². The zero-order chi connectivity index (χ0) is 37.3. The highest BCUT2D eigenvalue weighted by Crippen LogP contribution is 2.29. The molecule has 0 saturated carbocycles. The molecule has 0 aliphatic carbocycles. The first kappa shape index (κ1) is 38.2. The molecule has 1 fully saturated rings. The van der Waals surface area contributed by atoms with E-state index in [-0.39, 0.29) is 36.9 Å². The maximum atomic E-state index is 13.4. The summed E-state index contributed by atoms with van der Waals surface area (Å²) in [4.78, 5) is 42.6. The van der Waals surface area contributed by atoms with Gasteiger partial charge in [0.2, 0.25) is 0 Å². The minimum atomic E-state index is -2.86. The van der Waals surface area contributed by atoms with Crippen molar-refractivity contribution in [3.05, 3.63) is 119 Å². The van der Waals surface area contributed by atoms with E-state index in [1.54, 1.807) is 35.2 Å². The van der Waals surface area contributed by atoms with Gasteiger partial charge in [-0.05, 0) is 61.4 Å². The highest BCUT2D eigenvalue weighted by atomic mass is 19.3. The molecule has 4 aromatic carbocycles. The summed E-state index contributed by atoms with van der Waals surface area (Å²) >= 11 is 0.